The van der Waals surface area contributed by atoms with Gasteiger partial charge in [0.25, 0.3) is 0 Å². The highest BCUT2D eigenvalue weighted by molar-refractivity contribution is 14.0. The first-order valence-corrected chi connectivity index (χ1v) is 10.5. The molecule has 0 amide bonds. The van der Waals surface area contributed by atoms with Crippen molar-refractivity contribution in [3.05, 3.63) is 59.3 Å². The molecule has 2 N–H and O–H groups in total. The molecule has 164 valence electrons. The van der Waals surface area contributed by atoms with Crippen LogP contribution in [0.3, 0.4) is 0 Å². The SMILES string of the molecule is CN=C(NCc1ccc(CN2CCCC2)cc1)NCc1ccc(OC(C)C)nc1.I. The summed E-state index contributed by atoms with van der Waals surface area (Å²) in [5.41, 5.74) is 3.71. The zero-order valence-electron chi connectivity index (χ0n) is 18.2. The van der Waals surface area contributed by atoms with Gasteiger partial charge in [0.05, 0.1) is 6.10 Å². The van der Waals surface area contributed by atoms with Gasteiger partial charge in [0.2, 0.25) is 5.88 Å². The van der Waals surface area contributed by atoms with Crippen LogP contribution in [-0.4, -0.2) is 42.1 Å². The number of nitrogens with zero attached hydrogens (tertiary/aromatic N) is 3. The molecular formula is C23H34IN5O. The van der Waals surface area contributed by atoms with Gasteiger partial charge in [0, 0.05) is 38.9 Å². The second-order valence-corrected chi connectivity index (χ2v) is 7.75. The van der Waals surface area contributed by atoms with Crippen LogP contribution in [0.4, 0.5) is 0 Å². The zero-order chi connectivity index (χ0) is 20.5. The normalized spacial score (nSPS) is 14.5. The average Bonchev–Trinajstić information content (AvgIpc) is 3.23. The van der Waals surface area contributed by atoms with Gasteiger partial charge in [-0.05, 0) is 56.5 Å². The predicted molar refractivity (Wildman–Crippen MR) is 133 cm³/mol. The van der Waals surface area contributed by atoms with Gasteiger partial charge in [-0.2, -0.15) is 0 Å². The van der Waals surface area contributed by atoms with E-state index in [1.165, 1.54) is 37.1 Å². The molecular weight excluding hydrogens is 489 g/mol. The summed E-state index contributed by atoms with van der Waals surface area (Å²) in [5.74, 6) is 1.42. The average molecular weight is 523 g/mol. The van der Waals surface area contributed by atoms with E-state index >= 15 is 0 Å². The van der Waals surface area contributed by atoms with E-state index in [-0.39, 0.29) is 30.1 Å². The molecule has 0 aliphatic carbocycles. The van der Waals surface area contributed by atoms with Crippen molar-refractivity contribution in [2.24, 2.45) is 4.99 Å². The lowest BCUT2D eigenvalue weighted by Crippen LogP contribution is -2.36. The third kappa shape index (κ3) is 8.10. The molecule has 1 aliphatic rings. The Morgan fingerprint density at radius 1 is 1.00 bits per heavy atom. The molecule has 0 atom stereocenters. The number of hydrogen-bond donors (Lipinski definition) is 2. The molecule has 1 saturated heterocycles. The highest BCUT2D eigenvalue weighted by Gasteiger charge is 2.11. The van der Waals surface area contributed by atoms with E-state index in [1.54, 1.807) is 7.05 Å². The lowest BCUT2D eigenvalue weighted by Gasteiger charge is -2.15. The number of benzene rings is 1. The van der Waals surface area contributed by atoms with Gasteiger partial charge >= 0.3 is 0 Å². The van der Waals surface area contributed by atoms with Crippen molar-refractivity contribution in [3.63, 3.8) is 0 Å². The maximum atomic E-state index is 5.58. The van der Waals surface area contributed by atoms with Crippen molar-refractivity contribution in [2.45, 2.75) is 52.4 Å². The van der Waals surface area contributed by atoms with Crippen LogP contribution in [0.2, 0.25) is 0 Å². The van der Waals surface area contributed by atoms with E-state index in [0.717, 1.165) is 24.6 Å². The summed E-state index contributed by atoms with van der Waals surface area (Å²) < 4.78 is 5.58. The molecule has 6 nitrogen and oxygen atoms in total. The second-order valence-electron chi connectivity index (χ2n) is 7.75. The minimum Gasteiger partial charge on any atom is -0.475 e. The number of aliphatic imine (C=N–C) groups is 1. The summed E-state index contributed by atoms with van der Waals surface area (Å²) in [6, 6.07) is 12.8. The van der Waals surface area contributed by atoms with Gasteiger partial charge in [0.1, 0.15) is 0 Å². The van der Waals surface area contributed by atoms with Crippen molar-refractivity contribution >= 4 is 29.9 Å². The van der Waals surface area contributed by atoms with Crippen LogP contribution in [0.15, 0.2) is 47.6 Å². The molecule has 1 fully saturated rings. The van der Waals surface area contributed by atoms with Crippen LogP contribution < -0.4 is 15.4 Å². The molecule has 2 heterocycles. The number of nitrogens with one attached hydrogen (secondary N) is 2. The van der Waals surface area contributed by atoms with E-state index in [2.05, 4.69) is 49.8 Å². The van der Waals surface area contributed by atoms with Crippen LogP contribution in [0.5, 0.6) is 5.88 Å². The first kappa shape index (κ1) is 24.4. The number of aromatic nitrogens is 1. The van der Waals surface area contributed by atoms with Crippen molar-refractivity contribution in [1.29, 1.82) is 0 Å². The van der Waals surface area contributed by atoms with E-state index in [0.29, 0.717) is 12.4 Å². The predicted octanol–water partition coefficient (Wildman–Crippen LogP) is 3.95. The summed E-state index contributed by atoms with van der Waals surface area (Å²) in [6.07, 6.45) is 4.63. The fourth-order valence-electron chi connectivity index (χ4n) is 3.38. The van der Waals surface area contributed by atoms with Crippen molar-refractivity contribution < 1.29 is 4.74 Å². The maximum Gasteiger partial charge on any atom is 0.213 e. The molecule has 7 heteroatoms. The number of halogens is 1. The molecule has 0 spiro atoms. The molecule has 1 aromatic carbocycles. The van der Waals surface area contributed by atoms with Gasteiger partial charge < -0.3 is 15.4 Å². The molecule has 0 bridgehead atoms. The van der Waals surface area contributed by atoms with Crippen LogP contribution in [0.1, 0.15) is 43.4 Å². The van der Waals surface area contributed by atoms with E-state index in [9.17, 15) is 0 Å². The summed E-state index contributed by atoms with van der Waals surface area (Å²) >= 11 is 0. The highest BCUT2D eigenvalue weighted by Crippen LogP contribution is 2.13. The molecule has 1 aliphatic heterocycles. The smallest absolute Gasteiger partial charge is 0.213 e. The first-order chi connectivity index (χ1) is 14.1. The summed E-state index contributed by atoms with van der Waals surface area (Å²) in [4.78, 5) is 11.2. The van der Waals surface area contributed by atoms with Gasteiger partial charge in [0.15, 0.2) is 5.96 Å². The number of hydrogen-bond acceptors (Lipinski definition) is 4. The Bertz CT molecular complexity index is 771. The van der Waals surface area contributed by atoms with Gasteiger partial charge in [-0.3, -0.25) is 9.89 Å². The Hall–Kier alpha value is -1.87. The number of ether oxygens (including phenoxy) is 1. The fourth-order valence-corrected chi connectivity index (χ4v) is 3.38. The Balaban J connectivity index is 0.00000320. The molecule has 3 rings (SSSR count). The molecule has 30 heavy (non-hydrogen) atoms. The third-order valence-corrected chi connectivity index (χ3v) is 4.93. The minimum atomic E-state index is 0. The quantitative estimate of drug-likeness (QED) is 0.312. The molecule has 0 saturated carbocycles. The van der Waals surface area contributed by atoms with Crippen LogP contribution >= 0.6 is 24.0 Å². The van der Waals surface area contributed by atoms with Gasteiger partial charge in [-0.25, -0.2) is 4.98 Å². The number of likely N-dealkylation sites (tertiary alicyclic amines) is 1. The fraction of sp³-hybridized carbons (Fsp3) is 0.478. The van der Waals surface area contributed by atoms with E-state index in [4.69, 9.17) is 4.74 Å². The minimum absolute atomic E-state index is 0. The Kier molecular flexibility index (Phi) is 10.4. The zero-order valence-corrected chi connectivity index (χ0v) is 20.6. The van der Waals surface area contributed by atoms with Crippen molar-refractivity contribution in [1.82, 2.24) is 20.5 Å². The first-order valence-electron chi connectivity index (χ1n) is 10.5. The molecule has 2 aromatic rings. The van der Waals surface area contributed by atoms with Crippen molar-refractivity contribution in [2.75, 3.05) is 20.1 Å². The Morgan fingerprint density at radius 2 is 1.60 bits per heavy atom. The molecule has 0 radical (unpaired) electrons. The highest BCUT2D eigenvalue weighted by atomic mass is 127. The topological polar surface area (TPSA) is 61.8 Å². The van der Waals surface area contributed by atoms with E-state index < -0.39 is 0 Å². The second kappa shape index (κ2) is 12.7. The molecule has 0 unspecified atom stereocenters. The van der Waals surface area contributed by atoms with Crippen LogP contribution in [0, 0.1) is 0 Å². The number of guanidine groups is 1. The summed E-state index contributed by atoms with van der Waals surface area (Å²) in [7, 11) is 1.78. The summed E-state index contributed by atoms with van der Waals surface area (Å²) in [5, 5.41) is 6.70. The Morgan fingerprint density at radius 3 is 2.17 bits per heavy atom. The van der Waals surface area contributed by atoms with Crippen LogP contribution in [0.25, 0.3) is 0 Å². The van der Waals surface area contributed by atoms with Gasteiger partial charge in [-0.15, -0.1) is 24.0 Å². The monoisotopic (exact) mass is 523 g/mol. The number of rotatable bonds is 8. The lowest BCUT2D eigenvalue weighted by atomic mass is 10.1. The maximum absolute atomic E-state index is 5.58. The van der Waals surface area contributed by atoms with Crippen molar-refractivity contribution in [3.8, 4) is 5.88 Å². The largest absolute Gasteiger partial charge is 0.475 e. The third-order valence-electron chi connectivity index (χ3n) is 4.93. The number of pyridine rings is 1. The Labute approximate surface area is 197 Å². The van der Waals surface area contributed by atoms with Crippen LogP contribution in [-0.2, 0) is 19.6 Å². The molecule has 1 aromatic heterocycles. The lowest BCUT2D eigenvalue weighted by molar-refractivity contribution is 0.232. The standard InChI is InChI=1S/C23H33N5O.HI/c1-18(2)29-22-11-10-21(15-25-22)16-27-23(24-3)26-14-19-6-8-20(9-7-19)17-28-12-4-5-13-28;/h6-11,15,18H,4-5,12-14,16-17H2,1-3H3,(H2,24,26,27);1H. The van der Waals surface area contributed by atoms with Gasteiger partial charge in [-0.1, -0.05) is 30.3 Å². The summed E-state index contributed by atoms with van der Waals surface area (Å²) in [6.45, 7) is 8.91. The van der Waals surface area contributed by atoms with E-state index in [1.807, 2.05) is 32.2 Å².